The third-order valence-electron chi connectivity index (χ3n) is 4.08. The van der Waals surface area contributed by atoms with E-state index in [1.165, 1.54) is 11.8 Å². The van der Waals surface area contributed by atoms with Crippen LogP contribution in [0.3, 0.4) is 0 Å². The number of thioether (sulfide) groups is 1. The fourth-order valence-corrected chi connectivity index (χ4v) is 3.32. The number of amides is 1. The molecule has 0 saturated heterocycles. The molecule has 7 nitrogen and oxygen atoms in total. The summed E-state index contributed by atoms with van der Waals surface area (Å²) in [5.74, 6) is 0.680. The lowest BCUT2D eigenvalue weighted by Gasteiger charge is -2.11. The molecular formula is C20H21ClN6OS. The monoisotopic (exact) mass is 428 g/mol. The summed E-state index contributed by atoms with van der Waals surface area (Å²) in [6, 6.07) is 15.2. The summed E-state index contributed by atoms with van der Waals surface area (Å²) in [5, 5.41) is 13.7. The molecule has 0 aliphatic heterocycles. The van der Waals surface area contributed by atoms with Crippen LogP contribution in [0, 0.1) is 0 Å². The summed E-state index contributed by atoms with van der Waals surface area (Å²) in [4.78, 5) is 14.1. The Morgan fingerprint density at radius 1 is 1.17 bits per heavy atom. The second-order valence-electron chi connectivity index (χ2n) is 6.44. The molecule has 9 heteroatoms. The average molecular weight is 429 g/mol. The number of carbonyl (C=O) groups is 1. The zero-order valence-electron chi connectivity index (χ0n) is 16.3. The first-order valence-electron chi connectivity index (χ1n) is 8.81. The van der Waals surface area contributed by atoms with Crippen LogP contribution in [0.25, 0.3) is 11.4 Å². The van der Waals surface area contributed by atoms with Gasteiger partial charge < -0.3 is 9.47 Å². The van der Waals surface area contributed by atoms with Crippen LogP contribution < -0.4 is 10.3 Å². The van der Waals surface area contributed by atoms with Crippen molar-refractivity contribution in [3.8, 4) is 11.4 Å². The number of benzene rings is 2. The first-order valence-corrected chi connectivity index (χ1v) is 10.2. The second kappa shape index (κ2) is 9.58. The van der Waals surface area contributed by atoms with Gasteiger partial charge in [0, 0.05) is 37.4 Å². The molecule has 0 aliphatic rings. The van der Waals surface area contributed by atoms with Crippen LogP contribution in [-0.2, 0) is 11.8 Å². The SMILES string of the molecule is CN(C)c1ccc(/C=N/NC(=O)CSc2nnc(-c3ccc(Cl)cc3)n2C)cc1. The van der Waals surface area contributed by atoms with Crippen LogP contribution in [-0.4, -0.2) is 46.7 Å². The Kier molecular flexibility index (Phi) is 6.90. The van der Waals surface area contributed by atoms with Gasteiger partial charge in [0.05, 0.1) is 12.0 Å². The highest BCUT2D eigenvalue weighted by molar-refractivity contribution is 7.99. The third kappa shape index (κ3) is 5.58. The van der Waals surface area contributed by atoms with Crippen LogP contribution >= 0.6 is 23.4 Å². The molecule has 1 amide bonds. The number of carbonyl (C=O) groups excluding carboxylic acids is 1. The van der Waals surface area contributed by atoms with Gasteiger partial charge in [-0.3, -0.25) is 4.79 Å². The highest BCUT2D eigenvalue weighted by Crippen LogP contribution is 2.23. The van der Waals surface area contributed by atoms with Crippen LogP contribution in [0.4, 0.5) is 5.69 Å². The van der Waals surface area contributed by atoms with Gasteiger partial charge in [-0.1, -0.05) is 35.5 Å². The van der Waals surface area contributed by atoms with E-state index < -0.39 is 0 Å². The van der Waals surface area contributed by atoms with E-state index in [2.05, 4.69) is 20.7 Å². The van der Waals surface area contributed by atoms with E-state index in [9.17, 15) is 4.79 Å². The molecule has 1 N–H and O–H groups in total. The van der Waals surface area contributed by atoms with Gasteiger partial charge in [-0.25, -0.2) is 5.43 Å². The summed E-state index contributed by atoms with van der Waals surface area (Å²) >= 11 is 7.22. The first-order chi connectivity index (χ1) is 13.9. The van der Waals surface area contributed by atoms with E-state index >= 15 is 0 Å². The lowest BCUT2D eigenvalue weighted by molar-refractivity contribution is -0.118. The summed E-state index contributed by atoms with van der Waals surface area (Å²) in [7, 11) is 5.83. The maximum Gasteiger partial charge on any atom is 0.250 e. The average Bonchev–Trinajstić information content (AvgIpc) is 3.08. The Morgan fingerprint density at radius 3 is 2.52 bits per heavy atom. The summed E-state index contributed by atoms with van der Waals surface area (Å²) in [6.45, 7) is 0. The normalized spacial score (nSPS) is 11.0. The second-order valence-corrected chi connectivity index (χ2v) is 7.82. The molecule has 29 heavy (non-hydrogen) atoms. The van der Waals surface area contributed by atoms with Gasteiger partial charge in [0.25, 0.3) is 5.91 Å². The van der Waals surface area contributed by atoms with Crippen molar-refractivity contribution in [1.29, 1.82) is 0 Å². The van der Waals surface area contributed by atoms with Crippen molar-refractivity contribution in [2.24, 2.45) is 12.1 Å². The fourth-order valence-electron chi connectivity index (χ4n) is 2.49. The molecule has 0 aliphatic carbocycles. The number of aromatic nitrogens is 3. The minimum Gasteiger partial charge on any atom is -0.378 e. The van der Waals surface area contributed by atoms with Gasteiger partial charge in [0.15, 0.2) is 11.0 Å². The molecule has 0 radical (unpaired) electrons. The topological polar surface area (TPSA) is 75.4 Å². The van der Waals surface area contributed by atoms with Crippen molar-refractivity contribution >= 4 is 41.2 Å². The number of anilines is 1. The number of rotatable bonds is 7. The molecule has 0 atom stereocenters. The van der Waals surface area contributed by atoms with Crippen molar-refractivity contribution in [1.82, 2.24) is 20.2 Å². The molecule has 3 rings (SSSR count). The number of nitrogens with zero attached hydrogens (tertiary/aromatic N) is 5. The van der Waals surface area contributed by atoms with Gasteiger partial charge in [-0.15, -0.1) is 10.2 Å². The van der Waals surface area contributed by atoms with Crippen molar-refractivity contribution < 1.29 is 4.79 Å². The lowest BCUT2D eigenvalue weighted by atomic mass is 10.2. The zero-order valence-corrected chi connectivity index (χ0v) is 17.9. The Bertz CT molecular complexity index is 999. The number of nitrogens with one attached hydrogen (secondary N) is 1. The van der Waals surface area contributed by atoms with Crippen LogP contribution in [0.15, 0.2) is 58.8 Å². The van der Waals surface area contributed by atoms with E-state index in [0.29, 0.717) is 16.0 Å². The Balaban J connectivity index is 1.52. The zero-order chi connectivity index (χ0) is 20.8. The third-order valence-corrected chi connectivity index (χ3v) is 5.35. The molecule has 0 unspecified atom stereocenters. The molecule has 0 fully saturated rings. The molecule has 1 heterocycles. The van der Waals surface area contributed by atoms with Gasteiger partial charge in [-0.2, -0.15) is 5.10 Å². The molecule has 0 saturated carbocycles. The molecular weight excluding hydrogens is 408 g/mol. The number of hydrogen-bond acceptors (Lipinski definition) is 6. The lowest BCUT2D eigenvalue weighted by Crippen LogP contribution is -2.19. The largest absolute Gasteiger partial charge is 0.378 e. The highest BCUT2D eigenvalue weighted by Gasteiger charge is 2.12. The highest BCUT2D eigenvalue weighted by atomic mass is 35.5. The molecule has 3 aromatic rings. The van der Waals surface area contributed by atoms with Crippen LogP contribution in [0.5, 0.6) is 0 Å². The van der Waals surface area contributed by atoms with Gasteiger partial charge in [0.2, 0.25) is 0 Å². The first kappa shape index (κ1) is 20.9. The predicted molar refractivity (Wildman–Crippen MR) is 119 cm³/mol. The van der Waals surface area contributed by atoms with Crippen molar-refractivity contribution in [2.45, 2.75) is 5.16 Å². The summed E-state index contributed by atoms with van der Waals surface area (Å²) in [5.41, 5.74) is 5.45. The predicted octanol–water partition coefficient (Wildman–Crippen LogP) is 3.44. The van der Waals surface area contributed by atoms with Crippen LogP contribution in [0.1, 0.15) is 5.56 Å². The smallest absolute Gasteiger partial charge is 0.250 e. The minimum atomic E-state index is -0.216. The molecule has 0 spiro atoms. The quantitative estimate of drug-likeness (QED) is 0.354. The number of hydrogen-bond donors (Lipinski definition) is 1. The van der Waals surface area contributed by atoms with E-state index in [-0.39, 0.29) is 11.7 Å². The van der Waals surface area contributed by atoms with E-state index in [0.717, 1.165) is 16.8 Å². The van der Waals surface area contributed by atoms with Gasteiger partial charge in [0.1, 0.15) is 0 Å². The van der Waals surface area contributed by atoms with E-state index in [1.54, 1.807) is 18.3 Å². The molecule has 0 bridgehead atoms. The van der Waals surface area contributed by atoms with Crippen molar-refractivity contribution in [3.05, 3.63) is 59.1 Å². The molecule has 150 valence electrons. The summed E-state index contributed by atoms with van der Waals surface area (Å²) < 4.78 is 1.84. The number of hydrazone groups is 1. The Morgan fingerprint density at radius 2 is 1.86 bits per heavy atom. The molecule has 2 aromatic carbocycles. The fraction of sp³-hybridized carbons (Fsp3) is 0.200. The number of halogens is 1. The standard InChI is InChI=1S/C20H21ClN6OS/c1-26(2)17-10-4-14(5-11-17)12-22-23-18(28)13-29-20-25-24-19(27(20)3)15-6-8-16(21)9-7-15/h4-12H,13H2,1-3H3,(H,23,28)/b22-12+. The van der Waals surface area contributed by atoms with Gasteiger partial charge >= 0.3 is 0 Å². The van der Waals surface area contributed by atoms with Crippen molar-refractivity contribution in [3.63, 3.8) is 0 Å². The van der Waals surface area contributed by atoms with Gasteiger partial charge in [-0.05, 0) is 42.0 Å². The van der Waals surface area contributed by atoms with Crippen molar-refractivity contribution in [2.75, 3.05) is 24.7 Å². The van der Waals surface area contributed by atoms with E-state index in [1.807, 2.05) is 67.0 Å². The Hall–Kier alpha value is -2.84. The minimum absolute atomic E-state index is 0.184. The summed E-state index contributed by atoms with van der Waals surface area (Å²) in [6.07, 6.45) is 1.61. The van der Waals surface area contributed by atoms with E-state index in [4.69, 9.17) is 11.6 Å². The van der Waals surface area contributed by atoms with Crippen LogP contribution in [0.2, 0.25) is 5.02 Å². The molecule has 1 aromatic heterocycles. The maximum atomic E-state index is 12.1. The maximum absolute atomic E-state index is 12.1. The Labute approximate surface area is 178 Å².